The quantitative estimate of drug-likeness (QED) is 0.515. The zero-order valence-electron chi connectivity index (χ0n) is 9.14. The van der Waals surface area contributed by atoms with Gasteiger partial charge in [0, 0.05) is 35.5 Å². The van der Waals surface area contributed by atoms with Crippen molar-refractivity contribution < 1.29 is 32.3 Å². The van der Waals surface area contributed by atoms with Crippen LogP contribution in [0.25, 0.3) is 0 Å². The minimum Gasteiger partial charge on any atom is -0.481 e. The van der Waals surface area contributed by atoms with Crippen LogP contribution in [0.1, 0.15) is 27.2 Å². The molecule has 0 aromatic heterocycles. The normalized spacial score (nSPS) is 8.64. The van der Waals surface area contributed by atoms with Crippen molar-refractivity contribution in [1.82, 2.24) is 5.32 Å². The first-order valence-electron chi connectivity index (χ1n) is 4.69. The van der Waals surface area contributed by atoms with Crippen molar-refractivity contribution in [2.75, 3.05) is 19.6 Å². The maximum atomic E-state index is 9.70. The molecule has 91 valence electrons. The summed E-state index contributed by atoms with van der Waals surface area (Å²) in [5.41, 5.74) is 5.21. The van der Waals surface area contributed by atoms with Crippen molar-refractivity contribution in [2.45, 2.75) is 27.2 Å². The van der Waals surface area contributed by atoms with Crippen molar-refractivity contribution in [3.63, 3.8) is 0 Å². The van der Waals surface area contributed by atoms with Crippen LogP contribution < -0.4 is 11.1 Å². The molecular formula is C9H22AgN2O2. The van der Waals surface area contributed by atoms with E-state index < -0.39 is 5.97 Å². The smallest absolute Gasteiger partial charge is 0.305 e. The summed E-state index contributed by atoms with van der Waals surface area (Å²) in [7, 11) is 0. The summed E-state index contributed by atoms with van der Waals surface area (Å²) in [5, 5.41) is 11.2. The van der Waals surface area contributed by atoms with Gasteiger partial charge < -0.3 is 16.2 Å². The van der Waals surface area contributed by atoms with Gasteiger partial charge in [0.2, 0.25) is 0 Å². The molecule has 0 aliphatic heterocycles. The maximum Gasteiger partial charge on any atom is 0.305 e. The summed E-state index contributed by atoms with van der Waals surface area (Å²) in [6.45, 7) is 8.22. The minimum absolute atomic E-state index is 0. The van der Waals surface area contributed by atoms with Gasteiger partial charge in [-0.1, -0.05) is 20.8 Å². The molecule has 0 aliphatic carbocycles. The molecule has 0 saturated heterocycles. The van der Waals surface area contributed by atoms with Gasteiger partial charge in [0.15, 0.2) is 0 Å². The topological polar surface area (TPSA) is 75.3 Å². The summed E-state index contributed by atoms with van der Waals surface area (Å²) in [4.78, 5) is 9.70. The molecule has 4 N–H and O–H groups in total. The average molecular weight is 298 g/mol. The first-order valence-corrected chi connectivity index (χ1v) is 4.69. The Morgan fingerprint density at radius 2 is 1.86 bits per heavy atom. The molecule has 0 atom stereocenters. The zero-order valence-corrected chi connectivity index (χ0v) is 10.6. The summed E-state index contributed by atoms with van der Waals surface area (Å²) >= 11 is 0. The summed E-state index contributed by atoms with van der Waals surface area (Å²) < 4.78 is 0. The molecule has 0 bridgehead atoms. The number of aliphatic carboxylic acids is 1. The molecule has 1 radical (unpaired) electrons. The molecule has 0 heterocycles. The molecular weight excluding hydrogens is 276 g/mol. The van der Waals surface area contributed by atoms with E-state index in [1.807, 2.05) is 0 Å². The third-order valence-electron chi connectivity index (χ3n) is 1.24. The van der Waals surface area contributed by atoms with Crippen molar-refractivity contribution >= 4 is 5.97 Å². The summed E-state index contributed by atoms with van der Waals surface area (Å²) in [6, 6.07) is 0. The molecule has 0 aromatic carbocycles. The minimum atomic E-state index is -0.741. The number of carbonyl (C=O) groups is 1. The number of carboxylic acid groups (broad SMARTS) is 1. The van der Waals surface area contributed by atoms with E-state index in [-0.39, 0.29) is 28.3 Å². The van der Waals surface area contributed by atoms with Crippen LogP contribution >= 0.6 is 0 Å². The van der Waals surface area contributed by atoms with E-state index in [4.69, 9.17) is 10.8 Å². The van der Waals surface area contributed by atoms with Crippen molar-refractivity contribution in [1.29, 1.82) is 0 Å². The van der Waals surface area contributed by atoms with Crippen LogP contribution in [-0.4, -0.2) is 30.7 Å². The summed E-state index contributed by atoms with van der Waals surface area (Å²) in [5.74, 6) is -0.972. The van der Waals surface area contributed by atoms with Gasteiger partial charge in [0.1, 0.15) is 0 Å². The predicted molar refractivity (Wildman–Crippen MR) is 54.7 cm³/mol. The van der Waals surface area contributed by atoms with Crippen LogP contribution in [0, 0.1) is 5.92 Å². The molecule has 0 spiro atoms. The van der Waals surface area contributed by atoms with E-state index >= 15 is 0 Å². The molecule has 0 unspecified atom stereocenters. The molecule has 4 nitrogen and oxygen atoms in total. The molecule has 0 fully saturated rings. The number of nitrogens with one attached hydrogen (secondary N) is 1. The van der Waals surface area contributed by atoms with Gasteiger partial charge in [-0.3, -0.25) is 4.79 Å². The van der Waals surface area contributed by atoms with Gasteiger partial charge >= 0.3 is 5.97 Å². The van der Waals surface area contributed by atoms with E-state index in [0.717, 1.165) is 19.6 Å². The van der Waals surface area contributed by atoms with E-state index in [1.165, 1.54) is 6.42 Å². The van der Waals surface area contributed by atoms with Gasteiger partial charge in [0.25, 0.3) is 0 Å². The van der Waals surface area contributed by atoms with Crippen LogP contribution in [0.4, 0.5) is 0 Å². The number of carboxylic acids is 1. The van der Waals surface area contributed by atoms with E-state index in [2.05, 4.69) is 12.2 Å². The Hall–Kier alpha value is 0.130. The van der Waals surface area contributed by atoms with E-state index in [9.17, 15) is 4.79 Å². The molecule has 0 amide bonds. The van der Waals surface area contributed by atoms with E-state index in [0.29, 0.717) is 0 Å². The van der Waals surface area contributed by atoms with E-state index in [1.54, 1.807) is 13.8 Å². The second-order valence-electron chi connectivity index (χ2n) is 3.03. The van der Waals surface area contributed by atoms with Crippen LogP contribution in [0.5, 0.6) is 0 Å². The van der Waals surface area contributed by atoms with Crippen molar-refractivity contribution in [3.8, 4) is 0 Å². The van der Waals surface area contributed by atoms with Crippen molar-refractivity contribution in [3.05, 3.63) is 0 Å². The summed E-state index contributed by atoms with van der Waals surface area (Å²) in [6.07, 6.45) is 1.19. The molecule has 0 aromatic rings. The zero-order chi connectivity index (χ0) is 10.7. The fourth-order valence-corrected chi connectivity index (χ4v) is 0.404. The third-order valence-corrected chi connectivity index (χ3v) is 1.24. The number of nitrogens with two attached hydrogens (primary N) is 1. The predicted octanol–water partition coefficient (Wildman–Crippen LogP) is 0.669. The van der Waals surface area contributed by atoms with Crippen LogP contribution in [0.15, 0.2) is 0 Å². The molecule has 0 saturated carbocycles. The standard InChI is InChI=1S/C5H14N2.C4H8O2.Ag/c1-2-4-7-5-3-6;1-3(2)4(5)6;/h7H,2-6H2,1H3;3H,1-2H3,(H,5,6);. The first-order chi connectivity index (χ1) is 6.06. The van der Waals surface area contributed by atoms with Gasteiger partial charge in [-0.15, -0.1) is 0 Å². The van der Waals surface area contributed by atoms with Gasteiger partial charge in [-0.25, -0.2) is 0 Å². The van der Waals surface area contributed by atoms with Crippen LogP contribution in [-0.2, 0) is 27.2 Å². The number of rotatable bonds is 5. The Kier molecular flexibility index (Phi) is 21.9. The fourth-order valence-electron chi connectivity index (χ4n) is 0.404. The van der Waals surface area contributed by atoms with Crippen LogP contribution in [0.3, 0.4) is 0 Å². The van der Waals surface area contributed by atoms with Crippen LogP contribution in [0.2, 0.25) is 0 Å². The van der Waals surface area contributed by atoms with Gasteiger partial charge in [0.05, 0.1) is 5.92 Å². The monoisotopic (exact) mass is 297 g/mol. The van der Waals surface area contributed by atoms with Gasteiger partial charge in [-0.2, -0.15) is 0 Å². The third kappa shape index (κ3) is 22.7. The Balaban J connectivity index is -0.000000163. The SMILES string of the molecule is CC(C)C(=O)O.CCCNCCN.[Ag]. The first kappa shape index (κ1) is 19.7. The average Bonchev–Trinajstić information content (AvgIpc) is 2.06. The molecule has 14 heavy (non-hydrogen) atoms. The largest absolute Gasteiger partial charge is 0.481 e. The molecule has 0 rings (SSSR count). The Bertz CT molecular complexity index is 117. The Morgan fingerprint density at radius 1 is 1.43 bits per heavy atom. The number of hydrogen-bond acceptors (Lipinski definition) is 3. The fraction of sp³-hybridized carbons (Fsp3) is 0.889. The van der Waals surface area contributed by atoms with Crippen molar-refractivity contribution in [2.24, 2.45) is 11.7 Å². The maximum absolute atomic E-state index is 9.70. The van der Waals surface area contributed by atoms with Gasteiger partial charge in [-0.05, 0) is 13.0 Å². The molecule has 0 aliphatic rings. The second kappa shape index (κ2) is 15.6. The molecule has 5 heteroatoms. The Labute approximate surface area is 102 Å². The second-order valence-corrected chi connectivity index (χ2v) is 3.03. The number of hydrogen-bond donors (Lipinski definition) is 3. The Morgan fingerprint density at radius 3 is 2.07 bits per heavy atom.